The number of halogens is 1. The van der Waals surface area contributed by atoms with Gasteiger partial charge in [-0.2, -0.15) is 0 Å². The van der Waals surface area contributed by atoms with Gasteiger partial charge in [-0.15, -0.1) is 24.0 Å². The van der Waals surface area contributed by atoms with Crippen molar-refractivity contribution < 1.29 is 9.53 Å². The first-order valence-corrected chi connectivity index (χ1v) is 11.8. The van der Waals surface area contributed by atoms with Gasteiger partial charge in [0.25, 0.3) is 0 Å². The Morgan fingerprint density at radius 1 is 1.16 bits per heavy atom. The summed E-state index contributed by atoms with van der Waals surface area (Å²) < 4.78 is 5.51. The highest BCUT2D eigenvalue weighted by Gasteiger charge is 2.25. The number of likely N-dealkylation sites (tertiary alicyclic amines) is 1. The number of piperidine rings is 1. The first-order valence-electron chi connectivity index (χ1n) is 11.8. The standard InChI is InChI=1S/C24H37N5O2.HI/c1-25-24(27-22-8-12-28(13-9-22)15-19-10-14-31-18-19)26-11-4-7-23(30)29-16-20-5-2-3-6-21(20)17-29;/h2-3,5-6,19,22H,4,7-18H2,1H3,(H2,25,26,27);1H. The van der Waals surface area contributed by atoms with Crippen LogP contribution >= 0.6 is 24.0 Å². The quantitative estimate of drug-likeness (QED) is 0.235. The normalized spacial score (nSPS) is 21.8. The summed E-state index contributed by atoms with van der Waals surface area (Å²) in [5.74, 6) is 1.81. The maximum Gasteiger partial charge on any atom is 0.223 e. The Kier molecular flexibility index (Phi) is 10.1. The molecule has 2 saturated heterocycles. The number of nitrogens with zero attached hydrogens (tertiary/aromatic N) is 3. The van der Waals surface area contributed by atoms with Crippen LogP contribution in [0.25, 0.3) is 0 Å². The number of hydrogen-bond acceptors (Lipinski definition) is 4. The minimum absolute atomic E-state index is 0. The Labute approximate surface area is 209 Å². The number of carbonyl (C=O) groups is 1. The van der Waals surface area contributed by atoms with Gasteiger partial charge in [0.1, 0.15) is 0 Å². The smallest absolute Gasteiger partial charge is 0.223 e. The van der Waals surface area contributed by atoms with Gasteiger partial charge in [-0.3, -0.25) is 9.79 Å². The number of rotatable bonds is 7. The topological polar surface area (TPSA) is 69.2 Å². The van der Waals surface area contributed by atoms with Crippen LogP contribution in [0.4, 0.5) is 0 Å². The molecule has 8 heteroatoms. The predicted molar refractivity (Wildman–Crippen MR) is 138 cm³/mol. The van der Waals surface area contributed by atoms with Gasteiger partial charge in [0.15, 0.2) is 5.96 Å². The van der Waals surface area contributed by atoms with E-state index in [1.165, 1.54) is 24.1 Å². The van der Waals surface area contributed by atoms with Crippen LogP contribution in [0.1, 0.15) is 43.2 Å². The summed E-state index contributed by atoms with van der Waals surface area (Å²) in [6.45, 7) is 7.57. The van der Waals surface area contributed by atoms with Crippen molar-refractivity contribution in [1.82, 2.24) is 20.4 Å². The lowest BCUT2D eigenvalue weighted by molar-refractivity contribution is -0.131. The van der Waals surface area contributed by atoms with Crippen LogP contribution in [0.3, 0.4) is 0 Å². The molecule has 0 aliphatic carbocycles. The molecule has 7 nitrogen and oxygen atoms in total. The molecule has 32 heavy (non-hydrogen) atoms. The summed E-state index contributed by atoms with van der Waals surface area (Å²) in [7, 11) is 1.82. The number of aliphatic imine (C=N–C) groups is 1. The van der Waals surface area contributed by atoms with E-state index in [-0.39, 0.29) is 29.9 Å². The number of nitrogens with one attached hydrogen (secondary N) is 2. The number of amides is 1. The van der Waals surface area contributed by atoms with Crippen molar-refractivity contribution in [2.75, 3.05) is 46.4 Å². The third kappa shape index (κ3) is 7.05. The largest absolute Gasteiger partial charge is 0.381 e. The Morgan fingerprint density at radius 2 is 1.88 bits per heavy atom. The highest BCUT2D eigenvalue weighted by Crippen LogP contribution is 2.23. The highest BCUT2D eigenvalue weighted by atomic mass is 127. The molecule has 2 fully saturated rings. The highest BCUT2D eigenvalue weighted by molar-refractivity contribution is 14.0. The molecule has 4 rings (SSSR count). The molecule has 1 aromatic carbocycles. The molecule has 0 bridgehead atoms. The van der Waals surface area contributed by atoms with Crippen molar-refractivity contribution in [3.8, 4) is 0 Å². The third-order valence-electron chi connectivity index (χ3n) is 6.75. The fraction of sp³-hybridized carbons (Fsp3) is 0.667. The summed E-state index contributed by atoms with van der Waals surface area (Å²) >= 11 is 0. The maximum absolute atomic E-state index is 12.5. The Balaban J connectivity index is 0.00000289. The van der Waals surface area contributed by atoms with Crippen LogP contribution in [0.5, 0.6) is 0 Å². The molecule has 178 valence electrons. The van der Waals surface area contributed by atoms with Gasteiger partial charge in [0.2, 0.25) is 5.91 Å². The van der Waals surface area contributed by atoms with E-state index in [0.29, 0.717) is 12.5 Å². The second-order valence-electron chi connectivity index (χ2n) is 9.07. The number of carbonyl (C=O) groups excluding carboxylic acids is 1. The zero-order chi connectivity index (χ0) is 21.5. The second-order valence-corrected chi connectivity index (χ2v) is 9.07. The molecule has 0 aromatic heterocycles. The third-order valence-corrected chi connectivity index (χ3v) is 6.75. The molecule has 1 amide bonds. The van der Waals surface area contributed by atoms with Crippen LogP contribution in [-0.4, -0.2) is 74.1 Å². The van der Waals surface area contributed by atoms with Gasteiger partial charge >= 0.3 is 0 Å². The lowest BCUT2D eigenvalue weighted by Gasteiger charge is -2.34. The van der Waals surface area contributed by atoms with Crippen molar-refractivity contribution in [3.63, 3.8) is 0 Å². The first kappa shape index (κ1) is 25.2. The van der Waals surface area contributed by atoms with E-state index in [0.717, 1.165) is 77.1 Å². The molecule has 0 spiro atoms. The van der Waals surface area contributed by atoms with E-state index < -0.39 is 0 Å². The van der Waals surface area contributed by atoms with E-state index >= 15 is 0 Å². The van der Waals surface area contributed by atoms with Crippen LogP contribution in [0, 0.1) is 5.92 Å². The predicted octanol–water partition coefficient (Wildman–Crippen LogP) is 2.59. The van der Waals surface area contributed by atoms with Gasteiger partial charge in [-0.25, -0.2) is 0 Å². The summed E-state index contributed by atoms with van der Waals surface area (Å²) in [6, 6.07) is 8.79. The lowest BCUT2D eigenvalue weighted by atomic mass is 10.0. The number of hydrogen-bond donors (Lipinski definition) is 2. The van der Waals surface area contributed by atoms with E-state index in [1.54, 1.807) is 0 Å². The fourth-order valence-electron chi connectivity index (χ4n) is 4.85. The molecule has 0 radical (unpaired) electrons. The molecule has 1 unspecified atom stereocenters. The monoisotopic (exact) mass is 555 g/mol. The van der Waals surface area contributed by atoms with E-state index in [1.807, 2.05) is 24.1 Å². The Hall–Kier alpha value is -1.39. The van der Waals surface area contributed by atoms with Gasteiger partial charge in [-0.1, -0.05) is 24.3 Å². The molecule has 3 aliphatic heterocycles. The minimum atomic E-state index is 0. The van der Waals surface area contributed by atoms with Crippen LogP contribution in [0.2, 0.25) is 0 Å². The number of ether oxygens (including phenoxy) is 1. The summed E-state index contributed by atoms with van der Waals surface area (Å²) in [6.07, 6.45) is 4.88. The molecular weight excluding hydrogens is 517 g/mol. The van der Waals surface area contributed by atoms with Crippen molar-refractivity contribution in [2.45, 2.75) is 51.2 Å². The molecule has 3 heterocycles. The van der Waals surface area contributed by atoms with Crippen LogP contribution in [-0.2, 0) is 22.6 Å². The molecular formula is C24H38IN5O2. The zero-order valence-corrected chi connectivity index (χ0v) is 21.6. The van der Waals surface area contributed by atoms with Crippen molar-refractivity contribution in [2.24, 2.45) is 10.9 Å². The van der Waals surface area contributed by atoms with Gasteiger partial charge < -0.3 is 25.2 Å². The summed E-state index contributed by atoms with van der Waals surface area (Å²) in [5, 5.41) is 6.95. The number of benzene rings is 1. The average Bonchev–Trinajstić information content (AvgIpc) is 3.46. The van der Waals surface area contributed by atoms with E-state index in [2.05, 4.69) is 32.7 Å². The SMILES string of the molecule is CN=C(NCCCC(=O)N1Cc2ccccc2C1)NC1CCN(CC2CCOC2)CC1.I. The number of fused-ring (bicyclic) bond motifs is 1. The Morgan fingerprint density at radius 3 is 2.50 bits per heavy atom. The first-order chi connectivity index (χ1) is 15.2. The summed E-state index contributed by atoms with van der Waals surface area (Å²) in [4.78, 5) is 21.5. The van der Waals surface area contributed by atoms with Crippen molar-refractivity contribution >= 4 is 35.8 Å². The van der Waals surface area contributed by atoms with Gasteiger partial charge in [0, 0.05) is 65.4 Å². The van der Waals surface area contributed by atoms with Gasteiger partial charge in [-0.05, 0) is 42.7 Å². The minimum Gasteiger partial charge on any atom is -0.381 e. The van der Waals surface area contributed by atoms with Crippen LogP contribution in [0.15, 0.2) is 29.3 Å². The van der Waals surface area contributed by atoms with Gasteiger partial charge in [0.05, 0.1) is 6.61 Å². The van der Waals surface area contributed by atoms with Crippen molar-refractivity contribution in [1.29, 1.82) is 0 Å². The maximum atomic E-state index is 12.5. The second kappa shape index (κ2) is 12.7. The summed E-state index contributed by atoms with van der Waals surface area (Å²) in [5.41, 5.74) is 2.56. The Bertz CT molecular complexity index is 736. The molecule has 0 saturated carbocycles. The van der Waals surface area contributed by atoms with Crippen LogP contribution < -0.4 is 10.6 Å². The number of guanidine groups is 1. The van der Waals surface area contributed by atoms with E-state index in [4.69, 9.17) is 4.74 Å². The lowest BCUT2D eigenvalue weighted by Crippen LogP contribution is -2.49. The fourth-order valence-corrected chi connectivity index (χ4v) is 4.85. The molecule has 2 N–H and O–H groups in total. The molecule has 1 aromatic rings. The van der Waals surface area contributed by atoms with E-state index in [9.17, 15) is 4.79 Å². The molecule has 3 aliphatic rings. The molecule has 1 atom stereocenters. The zero-order valence-electron chi connectivity index (χ0n) is 19.2. The van der Waals surface area contributed by atoms with Crippen molar-refractivity contribution in [3.05, 3.63) is 35.4 Å². The average molecular weight is 556 g/mol.